The third kappa shape index (κ3) is 2.88. The van der Waals surface area contributed by atoms with E-state index < -0.39 is 11.4 Å². The SMILES string of the molecule is CC1(C(=O)O)CCN(Cc2ccc(F)cc2)CC1. The summed E-state index contributed by atoms with van der Waals surface area (Å²) >= 11 is 0. The molecule has 0 aromatic heterocycles. The molecule has 0 bridgehead atoms. The minimum Gasteiger partial charge on any atom is -0.481 e. The van der Waals surface area contributed by atoms with E-state index >= 15 is 0 Å². The molecule has 18 heavy (non-hydrogen) atoms. The number of halogens is 1. The first kappa shape index (κ1) is 13.0. The summed E-state index contributed by atoms with van der Waals surface area (Å²) in [7, 11) is 0. The molecule has 4 heteroatoms. The number of hydrogen-bond donors (Lipinski definition) is 1. The van der Waals surface area contributed by atoms with Crippen LogP contribution in [0.4, 0.5) is 4.39 Å². The number of carboxylic acid groups (broad SMARTS) is 1. The number of aliphatic carboxylic acids is 1. The van der Waals surface area contributed by atoms with Crippen molar-refractivity contribution in [1.29, 1.82) is 0 Å². The maximum Gasteiger partial charge on any atom is 0.309 e. The Bertz CT molecular complexity index is 422. The van der Waals surface area contributed by atoms with Crippen LogP contribution < -0.4 is 0 Å². The van der Waals surface area contributed by atoms with Gasteiger partial charge in [-0.1, -0.05) is 12.1 Å². The standard InChI is InChI=1S/C14H18FNO2/c1-14(13(17)18)6-8-16(9-7-14)10-11-2-4-12(15)5-3-11/h2-5H,6-10H2,1H3,(H,17,18). The molecular weight excluding hydrogens is 233 g/mol. The molecule has 1 saturated heterocycles. The van der Waals surface area contributed by atoms with Crippen molar-refractivity contribution < 1.29 is 14.3 Å². The molecule has 0 amide bonds. The van der Waals surface area contributed by atoms with Crippen molar-refractivity contribution in [3.05, 3.63) is 35.6 Å². The third-order valence-corrected chi connectivity index (χ3v) is 3.80. The third-order valence-electron chi connectivity index (χ3n) is 3.80. The van der Waals surface area contributed by atoms with Crippen LogP contribution in [0.1, 0.15) is 25.3 Å². The van der Waals surface area contributed by atoms with E-state index in [0.29, 0.717) is 12.8 Å². The first-order chi connectivity index (χ1) is 8.49. The highest BCUT2D eigenvalue weighted by molar-refractivity contribution is 5.74. The summed E-state index contributed by atoms with van der Waals surface area (Å²) in [6.45, 7) is 4.13. The van der Waals surface area contributed by atoms with Gasteiger partial charge in [0.1, 0.15) is 5.82 Å². The lowest BCUT2D eigenvalue weighted by Gasteiger charge is -2.36. The molecule has 1 N–H and O–H groups in total. The van der Waals surface area contributed by atoms with Crippen LogP contribution in [0.2, 0.25) is 0 Å². The summed E-state index contributed by atoms with van der Waals surface area (Å²) in [6, 6.07) is 6.47. The van der Waals surface area contributed by atoms with Crippen molar-refractivity contribution in [1.82, 2.24) is 4.90 Å². The van der Waals surface area contributed by atoms with Gasteiger partial charge in [0.2, 0.25) is 0 Å². The zero-order chi connectivity index (χ0) is 13.2. The number of benzene rings is 1. The maximum absolute atomic E-state index is 12.8. The van der Waals surface area contributed by atoms with Crippen molar-refractivity contribution in [2.24, 2.45) is 5.41 Å². The van der Waals surface area contributed by atoms with Crippen LogP contribution in [0.5, 0.6) is 0 Å². The van der Waals surface area contributed by atoms with Crippen molar-refractivity contribution >= 4 is 5.97 Å². The van der Waals surface area contributed by atoms with Crippen molar-refractivity contribution in [3.63, 3.8) is 0 Å². The van der Waals surface area contributed by atoms with Gasteiger partial charge in [-0.2, -0.15) is 0 Å². The number of rotatable bonds is 3. The van der Waals surface area contributed by atoms with Gasteiger partial charge in [0.05, 0.1) is 5.41 Å². The molecule has 1 aromatic carbocycles. The van der Waals surface area contributed by atoms with E-state index in [2.05, 4.69) is 4.90 Å². The van der Waals surface area contributed by atoms with E-state index in [4.69, 9.17) is 5.11 Å². The largest absolute Gasteiger partial charge is 0.481 e. The number of carbonyl (C=O) groups is 1. The molecule has 2 rings (SSSR count). The molecule has 1 aromatic rings. The second-order valence-electron chi connectivity index (χ2n) is 5.27. The van der Waals surface area contributed by atoms with Crippen molar-refractivity contribution in [2.45, 2.75) is 26.3 Å². The van der Waals surface area contributed by atoms with E-state index in [1.165, 1.54) is 12.1 Å². The summed E-state index contributed by atoms with van der Waals surface area (Å²) in [4.78, 5) is 13.3. The monoisotopic (exact) mass is 251 g/mol. The zero-order valence-electron chi connectivity index (χ0n) is 10.5. The summed E-state index contributed by atoms with van der Waals surface area (Å²) < 4.78 is 12.8. The highest BCUT2D eigenvalue weighted by Crippen LogP contribution is 2.31. The first-order valence-electron chi connectivity index (χ1n) is 6.20. The Kier molecular flexibility index (Phi) is 3.66. The smallest absolute Gasteiger partial charge is 0.309 e. The molecule has 98 valence electrons. The van der Waals surface area contributed by atoms with Gasteiger partial charge in [-0.05, 0) is 50.6 Å². The van der Waals surface area contributed by atoms with Crippen LogP contribution in [0.3, 0.4) is 0 Å². The Morgan fingerprint density at radius 2 is 1.89 bits per heavy atom. The average Bonchev–Trinajstić information content (AvgIpc) is 2.35. The van der Waals surface area contributed by atoms with Crippen molar-refractivity contribution in [2.75, 3.05) is 13.1 Å². The second kappa shape index (κ2) is 5.06. The number of nitrogens with zero attached hydrogens (tertiary/aromatic N) is 1. The molecule has 1 fully saturated rings. The molecule has 0 radical (unpaired) electrons. The number of likely N-dealkylation sites (tertiary alicyclic amines) is 1. The second-order valence-corrected chi connectivity index (χ2v) is 5.27. The van der Waals surface area contributed by atoms with Crippen LogP contribution in [0.15, 0.2) is 24.3 Å². The minimum absolute atomic E-state index is 0.226. The van der Waals surface area contributed by atoms with Crippen LogP contribution >= 0.6 is 0 Å². The van der Waals surface area contributed by atoms with Gasteiger partial charge in [0, 0.05) is 6.54 Å². The lowest BCUT2D eigenvalue weighted by atomic mass is 9.80. The molecule has 0 aliphatic carbocycles. The van der Waals surface area contributed by atoms with Crippen LogP contribution in [0, 0.1) is 11.2 Å². The van der Waals surface area contributed by atoms with E-state index in [-0.39, 0.29) is 5.82 Å². The normalized spacial score (nSPS) is 19.7. The summed E-state index contributed by atoms with van der Waals surface area (Å²) in [6.07, 6.45) is 1.34. The lowest BCUT2D eigenvalue weighted by molar-refractivity contribution is -0.150. The molecule has 1 aliphatic rings. The first-order valence-corrected chi connectivity index (χ1v) is 6.20. The van der Waals surface area contributed by atoms with Gasteiger partial charge in [0.15, 0.2) is 0 Å². The topological polar surface area (TPSA) is 40.5 Å². The molecule has 1 heterocycles. The van der Waals surface area contributed by atoms with Crippen LogP contribution in [-0.2, 0) is 11.3 Å². The molecule has 3 nitrogen and oxygen atoms in total. The molecule has 0 spiro atoms. The predicted octanol–water partition coefficient (Wildman–Crippen LogP) is 2.51. The van der Waals surface area contributed by atoms with Gasteiger partial charge in [-0.3, -0.25) is 9.69 Å². The van der Waals surface area contributed by atoms with E-state index in [9.17, 15) is 9.18 Å². The van der Waals surface area contributed by atoms with Gasteiger partial charge in [-0.15, -0.1) is 0 Å². The maximum atomic E-state index is 12.8. The minimum atomic E-state index is -0.705. The average molecular weight is 251 g/mol. The Labute approximate surface area is 106 Å². The quantitative estimate of drug-likeness (QED) is 0.897. The van der Waals surface area contributed by atoms with Crippen LogP contribution in [-0.4, -0.2) is 29.1 Å². The van der Waals surface area contributed by atoms with Crippen LogP contribution in [0.25, 0.3) is 0 Å². The summed E-state index contributed by atoms with van der Waals surface area (Å²) in [5.74, 6) is -0.931. The fourth-order valence-corrected chi connectivity index (χ4v) is 2.27. The number of piperidine rings is 1. The Morgan fingerprint density at radius 3 is 2.39 bits per heavy atom. The predicted molar refractivity (Wildman–Crippen MR) is 66.7 cm³/mol. The Balaban J connectivity index is 1.91. The zero-order valence-corrected chi connectivity index (χ0v) is 10.5. The lowest BCUT2D eigenvalue weighted by Crippen LogP contribution is -2.42. The van der Waals surface area contributed by atoms with Gasteiger partial charge in [0.25, 0.3) is 0 Å². The summed E-state index contributed by atoms with van der Waals surface area (Å²) in [5, 5.41) is 9.14. The molecule has 1 aliphatic heterocycles. The van der Waals surface area contributed by atoms with Crippen molar-refractivity contribution in [3.8, 4) is 0 Å². The van der Waals surface area contributed by atoms with Gasteiger partial charge in [-0.25, -0.2) is 4.39 Å². The van der Waals surface area contributed by atoms with Gasteiger partial charge < -0.3 is 5.11 Å². The fraction of sp³-hybridized carbons (Fsp3) is 0.500. The summed E-state index contributed by atoms with van der Waals surface area (Å²) in [5.41, 5.74) is 0.481. The molecule has 0 atom stereocenters. The molecule has 0 saturated carbocycles. The van der Waals surface area contributed by atoms with E-state index in [0.717, 1.165) is 25.2 Å². The number of carboxylic acids is 1. The number of hydrogen-bond acceptors (Lipinski definition) is 2. The van der Waals surface area contributed by atoms with Gasteiger partial charge >= 0.3 is 5.97 Å². The highest BCUT2D eigenvalue weighted by atomic mass is 19.1. The van der Waals surface area contributed by atoms with E-state index in [1.807, 2.05) is 6.92 Å². The Morgan fingerprint density at radius 1 is 1.33 bits per heavy atom. The molecular formula is C14H18FNO2. The highest BCUT2D eigenvalue weighted by Gasteiger charge is 2.36. The fourth-order valence-electron chi connectivity index (χ4n) is 2.27. The van der Waals surface area contributed by atoms with E-state index in [1.54, 1.807) is 12.1 Å². The Hall–Kier alpha value is -1.42. The molecule has 0 unspecified atom stereocenters.